The Balaban J connectivity index is 1.29. The first-order valence-electron chi connectivity index (χ1n) is 14.0. The number of benzene rings is 1. The maximum Gasteiger partial charge on any atom is 0.243 e. The van der Waals surface area contributed by atoms with E-state index >= 15 is 4.39 Å². The van der Waals surface area contributed by atoms with Crippen LogP contribution in [0, 0.1) is 11.7 Å². The molecule has 9 nitrogen and oxygen atoms in total. The summed E-state index contributed by atoms with van der Waals surface area (Å²) in [5.74, 6) is -0.115. The van der Waals surface area contributed by atoms with Crippen LogP contribution in [-0.4, -0.2) is 51.0 Å². The van der Waals surface area contributed by atoms with Crippen molar-refractivity contribution in [1.82, 2.24) is 25.2 Å². The lowest BCUT2D eigenvalue weighted by Gasteiger charge is -2.47. The van der Waals surface area contributed by atoms with Crippen molar-refractivity contribution >= 4 is 28.5 Å². The molecule has 1 spiro atoms. The molecule has 4 heterocycles. The van der Waals surface area contributed by atoms with Gasteiger partial charge in [-0.15, -0.1) is 0 Å². The van der Waals surface area contributed by atoms with E-state index in [-0.39, 0.29) is 41.7 Å². The maximum atomic E-state index is 15.7. The molecule has 0 radical (unpaired) electrons. The first-order valence-corrected chi connectivity index (χ1v) is 14.0. The van der Waals surface area contributed by atoms with E-state index in [4.69, 9.17) is 10.5 Å². The Labute approximate surface area is 232 Å². The van der Waals surface area contributed by atoms with Crippen LogP contribution >= 0.6 is 0 Å². The normalized spacial score (nSPS) is 26.1. The van der Waals surface area contributed by atoms with Gasteiger partial charge < -0.3 is 25.7 Å². The van der Waals surface area contributed by atoms with Gasteiger partial charge in [-0.1, -0.05) is 12.6 Å². The molecule has 40 heavy (non-hydrogen) atoms. The fraction of sp³-hybridized carbons (Fsp3) is 0.467. The number of hydrogen-bond donors (Lipinski definition) is 3. The minimum absolute atomic E-state index is 0.0466. The summed E-state index contributed by atoms with van der Waals surface area (Å²) in [4.78, 5) is 33.7. The third-order valence-corrected chi connectivity index (χ3v) is 9.06. The van der Waals surface area contributed by atoms with E-state index in [1.165, 1.54) is 18.5 Å². The van der Waals surface area contributed by atoms with Gasteiger partial charge in [0.25, 0.3) is 0 Å². The van der Waals surface area contributed by atoms with Crippen molar-refractivity contribution in [2.75, 3.05) is 18.9 Å². The summed E-state index contributed by atoms with van der Waals surface area (Å²) in [6.45, 7) is 5.19. The number of ketones is 1. The smallest absolute Gasteiger partial charge is 0.243 e. The third-order valence-electron chi connectivity index (χ3n) is 9.06. The van der Waals surface area contributed by atoms with Gasteiger partial charge in [-0.05, 0) is 80.3 Å². The molecule has 3 aromatic rings. The number of nitrogens with zero attached hydrogens (tertiary/aromatic N) is 3. The highest BCUT2D eigenvalue weighted by Gasteiger charge is 2.54. The number of halogens is 1. The van der Waals surface area contributed by atoms with E-state index in [0.717, 1.165) is 56.0 Å². The molecule has 3 fully saturated rings. The first kappa shape index (κ1) is 26.6. The number of Topliss-reactive ketones (excluding diaryl/α,β-unsaturated/α-hetero) is 1. The number of amides is 1. The number of nitrogens with one attached hydrogen (secondary N) is 2. The number of ether oxygens (including phenoxy) is 1. The van der Waals surface area contributed by atoms with E-state index in [1.54, 1.807) is 12.1 Å². The number of rotatable bonds is 7. The van der Waals surface area contributed by atoms with Crippen molar-refractivity contribution in [3.05, 3.63) is 54.1 Å². The second-order valence-corrected chi connectivity index (χ2v) is 11.3. The summed E-state index contributed by atoms with van der Waals surface area (Å²) in [6.07, 6.45) is 7.36. The van der Waals surface area contributed by atoms with Crippen molar-refractivity contribution in [1.29, 1.82) is 0 Å². The van der Waals surface area contributed by atoms with Gasteiger partial charge in [0.15, 0.2) is 5.78 Å². The molecular weight excluding hydrogens is 511 g/mol. The molecule has 0 unspecified atom stereocenters. The lowest BCUT2D eigenvalue weighted by atomic mass is 9.72. The molecule has 1 saturated carbocycles. The van der Waals surface area contributed by atoms with E-state index < -0.39 is 5.82 Å². The lowest BCUT2D eigenvalue weighted by Crippen LogP contribution is -2.67. The van der Waals surface area contributed by atoms with Crippen LogP contribution < -0.4 is 16.4 Å². The van der Waals surface area contributed by atoms with Crippen LogP contribution in [0.2, 0.25) is 0 Å². The summed E-state index contributed by atoms with van der Waals surface area (Å²) in [7, 11) is 1.86. The van der Waals surface area contributed by atoms with Crippen LogP contribution in [0.1, 0.15) is 55.6 Å². The molecule has 4 N–H and O–H groups in total. The predicted molar refractivity (Wildman–Crippen MR) is 150 cm³/mol. The van der Waals surface area contributed by atoms with Gasteiger partial charge in [-0.25, -0.2) is 14.4 Å². The zero-order valence-corrected chi connectivity index (χ0v) is 22.7. The Hall–Kier alpha value is -3.63. The van der Waals surface area contributed by atoms with Crippen LogP contribution in [0.25, 0.3) is 22.3 Å². The molecule has 6 rings (SSSR count). The standard InChI is InChI=1S/C30H35FN6O3/c1-3-22(38)33-14-17-5-10-20(21(31)13-17)25-23(24-28(32)34-16-35-29(24)37(25)2)18-6-8-19(9-7-18)26(39)27-30(15-40-27)11-4-12-36-30/h3,5,10,13,16,18-19,27,36H,1,4,6-9,11-12,14-15H2,2H3,(H,33,38)(H2,32,34,35)/t18?,19?,27-,30+/m1/s1. The third kappa shape index (κ3) is 4.39. The fourth-order valence-electron chi connectivity index (χ4n) is 6.93. The van der Waals surface area contributed by atoms with Gasteiger partial charge in [-0.2, -0.15) is 0 Å². The van der Waals surface area contributed by atoms with Gasteiger partial charge >= 0.3 is 0 Å². The summed E-state index contributed by atoms with van der Waals surface area (Å²) in [6, 6.07) is 4.98. The van der Waals surface area contributed by atoms with Crippen LogP contribution in [0.4, 0.5) is 10.2 Å². The number of hydrogen-bond acceptors (Lipinski definition) is 7. The maximum absolute atomic E-state index is 15.7. The van der Waals surface area contributed by atoms with E-state index in [1.807, 2.05) is 11.6 Å². The largest absolute Gasteiger partial charge is 0.383 e. The van der Waals surface area contributed by atoms with Crippen LogP contribution in [0.15, 0.2) is 37.2 Å². The molecule has 2 aliphatic heterocycles. The van der Waals surface area contributed by atoms with Crippen molar-refractivity contribution < 1.29 is 18.7 Å². The number of aromatic nitrogens is 3. The number of nitrogens with two attached hydrogens (primary N) is 1. The monoisotopic (exact) mass is 546 g/mol. The summed E-state index contributed by atoms with van der Waals surface area (Å²) < 4.78 is 23.3. The Morgan fingerprint density at radius 2 is 2.10 bits per heavy atom. The SMILES string of the molecule is C=CC(=O)NCc1ccc(-c2c(C3CCC(C(=O)[C@H]4OC[C@@]45CCCN5)CC3)c3c(N)ncnc3n2C)c(F)c1. The van der Waals surface area contributed by atoms with Gasteiger partial charge in [0.1, 0.15) is 29.7 Å². The first-order chi connectivity index (χ1) is 19.3. The van der Waals surface area contributed by atoms with Gasteiger partial charge in [-0.3, -0.25) is 9.59 Å². The van der Waals surface area contributed by atoms with Crippen LogP contribution in [0.3, 0.4) is 0 Å². The molecule has 1 aromatic carbocycles. The molecule has 1 amide bonds. The molecule has 10 heteroatoms. The lowest BCUT2D eigenvalue weighted by molar-refractivity contribution is -0.173. The highest BCUT2D eigenvalue weighted by Crippen LogP contribution is 2.47. The van der Waals surface area contributed by atoms with Crippen molar-refractivity contribution in [3.8, 4) is 11.3 Å². The average molecular weight is 547 g/mol. The molecule has 0 bridgehead atoms. The van der Waals surface area contributed by atoms with Crippen molar-refractivity contribution in [2.45, 2.75) is 62.6 Å². The van der Waals surface area contributed by atoms with Gasteiger partial charge in [0.05, 0.1) is 23.2 Å². The average Bonchev–Trinajstić information content (AvgIpc) is 3.57. The Kier molecular flexibility index (Phi) is 6.92. The quantitative estimate of drug-likeness (QED) is 0.388. The Bertz CT molecular complexity index is 1490. The van der Waals surface area contributed by atoms with Crippen LogP contribution in [0.5, 0.6) is 0 Å². The summed E-state index contributed by atoms with van der Waals surface area (Å²) in [5, 5.41) is 6.94. The number of nitrogen functional groups attached to an aromatic ring is 1. The van der Waals surface area contributed by atoms with E-state index in [2.05, 4.69) is 27.2 Å². The summed E-state index contributed by atoms with van der Waals surface area (Å²) >= 11 is 0. The number of aryl methyl sites for hydroxylation is 1. The summed E-state index contributed by atoms with van der Waals surface area (Å²) in [5.41, 5.74) is 9.60. The Morgan fingerprint density at radius 3 is 2.75 bits per heavy atom. The number of carbonyl (C=O) groups is 2. The van der Waals surface area contributed by atoms with Gasteiger partial charge in [0, 0.05) is 25.1 Å². The minimum atomic E-state index is -0.399. The van der Waals surface area contributed by atoms with Crippen molar-refractivity contribution in [2.24, 2.45) is 13.0 Å². The van der Waals surface area contributed by atoms with Crippen molar-refractivity contribution in [3.63, 3.8) is 0 Å². The molecule has 3 aliphatic rings. The molecule has 210 valence electrons. The molecule has 2 aromatic heterocycles. The molecule has 1 aliphatic carbocycles. The number of carbonyl (C=O) groups excluding carboxylic acids is 2. The van der Waals surface area contributed by atoms with Gasteiger partial charge in [0.2, 0.25) is 5.91 Å². The fourth-order valence-corrected chi connectivity index (χ4v) is 6.93. The second kappa shape index (κ2) is 10.4. The highest BCUT2D eigenvalue weighted by molar-refractivity contribution is 5.97. The molecule has 2 saturated heterocycles. The topological polar surface area (TPSA) is 124 Å². The second-order valence-electron chi connectivity index (χ2n) is 11.3. The Morgan fingerprint density at radius 1 is 1.30 bits per heavy atom. The minimum Gasteiger partial charge on any atom is -0.383 e. The van der Waals surface area contributed by atoms with Crippen LogP contribution in [-0.2, 0) is 27.9 Å². The molecular formula is C30H35FN6O3. The highest BCUT2D eigenvalue weighted by atomic mass is 19.1. The number of fused-ring (bicyclic) bond motifs is 1. The molecule has 2 atom stereocenters. The van der Waals surface area contributed by atoms with E-state index in [0.29, 0.717) is 34.9 Å². The predicted octanol–water partition coefficient (Wildman–Crippen LogP) is 3.52. The number of anilines is 1. The zero-order chi connectivity index (χ0) is 28.0. The zero-order valence-electron chi connectivity index (χ0n) is 22.7. The van der Waals surface area contributed by atoms with E-state index in [9.17, 15) is 9.59 Å².